The number of carbonyl (C=O) groups is 1. The van der Waals surface area contributed by atoms with Crippen molar-refractivity contribution in [3.8, 4) is 0 Å². The standard InChI is InChI=1S/C14H13FN2O2S/c15-11-6-2-1-4-9(11)12(18)8-17-13(19)10-5-3-7-16-14(10)20/h1-7,12,18H,8H2,(H,16,20)(H,17,19). The molecule has 1 aromatic carbocycles. The number of aromatic nitrogens is 1. The molecule has 104 valence electrons. The SMILES string of the molecule is O=C(NCC(O)c1ccccc1F)c1ccc[nH]c1=S. The van der Waals surface area contributed by atoms with Crippen LogP contribution in [-0.2, 0) is 0 Å². The van der Waals surface area contributed by atoms with Crippen LogP contribution >= 0.6 is 12.2 Å². The van der Waals surface area contributed by atoms with E-state index in [1.165, 1.54) is 18.2 Å². The summed E-state index contributed by atoms with van der Waals surface area (Å²) in [5, 5.41) is 12.4. The number of aliphatic hydroxyl groups excluding tert-OH is 1. The second-order valence-electron chi connectivity index (χ2n) is 4.16. The maximum Gasteiger partial charge on any atom is 0.254 e. The molecule has 0 spiro atoms. The van der Waals surface area contributed by atoms with Gasteiger partial charge >= 0.3 is 0 Å². The summed E-state index contributed by atoms with van der Waals surface area (Å²) in [7, 11) is 0. The quantitative estimate of drug-likeness (QED) is 0.758. The lowest BCUT2D eigenvalue weighted by molar-refractivity contribution is 0.0913. The van der Waals surface area contributed by atoms with E-state index in [-0.39, 0.29) is 12.1 Å². The monoisotopic (exact) mass is 292 g/mol. The summed E-state index contributed by atoms with van der Waals surface area (Å²) in [4.78, 5) is 14.6. The van der Waals surface area contributed by atoms with Crippen LogP contribution in [0.4, 0.5) is 4.39 Å². The van der Waals surface area contributed by atoms with Gasteiger partial charge in [0.05, 0.1) is 11.7 Å². The molecule has 0 saturated heterocycles. The Labute approximate surface area is 120 Å². The first-order valence-electron chi connectivity index (χ1n) is 5.98. The topological polar surface area (TPSA) is 65.1 Å². The zero-order valence-electron chi connectivity index (χ0n) is 10.5. The highest BCUT2D eigenvalue weighted by atomic mass is 32.1. The summed E-state index contributed by atoms with van der Waals surface area (Å²) in [6, 6.07) is 9.11. The molecule has 1 aromatic heterocycles. The number of halogens is 1. The van der Waals surface area contributed by atoms with Crippen molar-refractivity contribution in [1.29, 1.82) is 0 Å². The number of pyridine rings is 1. The van der Waals surface area contributed by atoms with Crippen LogP contribution in [0.25, 0.3) is 0 Å². The first-order chi connectivity index (χ1) is 9.59. The molecule has 0 aliphatic rings. The largest absolute Gasteiger partial charge is 0.386 e. The van der Waals surface area contributed by atoms with Crippen molar-refractivity contribution in [3.63, 3.8) is 0 Å². The van der Waals surface area contributed by atoms with Gasteiger partial charge in [-0.05, 0) is 18.2 Å². The lowest BCUT2D eigenvalue weighted by Crippen LogP contribution is -2.29. The second-order valence-corrected chi connectivity index (χ2v) is 4.57. The Bertz CT molecular complexity index is 672. The number of nitrogens with one attached hydrogen (secondary N) is 2. The molecule has 2 aromatic rings. The van der Waals surface area contributed by atoms with Crippen molar-refractivity contribution in [3.05, 3.63) is 64.2 Å². The molecule has 2 rings (SSSR count). The highest BCUT2D eigenvalue weighted by molar-refractivity contribution is 7.71. The minimum Gasteiger partial charge on any atom is -0.386 e. The lowest BCUT2D eigenvalue weighted by Gasteiger charge is -2.13. The Morgan fingerprint density at radius 2 is 2.10 bits per heavy atom. The van der Waals surface area contributed by atoms with Gasteiger partial charge in [0.25, 0.3) is 5.91 Å². The molecule has 1 atom stereocenters. The molecule has 0 saturated carbocycles. The van der Waals surface area contributed by atoms with Crippen LogP contribution in [0.5, 0.6) is 0 Å². The summed E-state index contributed by atoms with van der Waals surface area (Å²) in [5.41, 5.74) is 0.453. The zero-order chi connectivity index (χ0) is 14.5. The van der Waals surface area contributed by atoms with Crippen LogP contribution in [0.1, 0.15) is 22.0 Å². The van der Waals surface area contributed by atoms with Crippen molar-refractivity contribution in [2.75, 3.05) is 6.54 Å². The fourth-order valence-electron chi connectivity index (χ4n) is 1.74. The molecule has 0 bridgehead atoms. The maximum atomic E-state index is 13.5. The third-order valence-electron chi connectivity index (χ3n) is 2.78. The summed E-state index contributed by atoms with van der Waals surface area (Å²) in [6.45, 7) is -0.0938. The van der Waals surface area contributed by atoms with Crippen LogP contribution in [0.2, 0.25) is 0 Å². The Morgan fingerprint density at radius 3 is 2.80 bits per heavy atom. The number of benzene rings is 1. The average molecular weight is 292 g/mol. The Morgan fingerprint density at radius 1 is 1.35 bits per heavy atom. The number of rotatable bonds is 4. The molecule has 0 radical (unpaired) electrons. The average Bonchev–Trinajstić information content (AvgIpc) is 2.45. The zero-order valence-corrected chi connectivity index (χ0v) is 11.3. The molecule has 4 nitrogen and oxygen atoms in total. The molecule has 6 heteroatoms. The van der Waals surface area contributed by atoms with Crippen molar-refractivity contribution >= 4 is 18.1 Å². The van der Waals surface area contributed by atoms with Gasteiger partial charge in [-0.15, -0.1) is 0 Å². The van der Waals surface area contributed by atoms with E-state index in [1.807, 2.05) is 0 Å². The molecule has 1 heterocycles. The van der Waals surface area contributed by atoms with Crippen LogP contribution in [0.3, 0.4) is 0 Å². The van der Waals surface area contributed by atoms with Gasteiger partial charge in [-0.3, -0.25) is 4.79 Å². The van der Waals surface area contributed by atoms with Crippen LogP contribution in [0.15, 0.2) is 42.6 Å². The fourth-order valence-corrected chi connectivity index (χ4v) is 1.97. The third-order valence-corrected chi connectivity index (χ3v) is 3.12. The molecule has 1 amide bonds. The summed E-state index contributed by atoms with van der Waals surface area (Å²) in [6.07, 6.45) is 0.509. The highest BCUT2D eigenvalue weighted by Gasteiger charge is 2.14. The summed E-state index contributed by atoms with van der Waals surface area (Å²) < 4.78 is 13.8. The van der Waals surface area contributed by atoms with E-state index < -0.39 is 17.8 Å². The van der Waals surface area contributed by atoms with Gasteiger partial charge in [0.2, 0.25) is 0 Å². The number of amides is 1. The molecule has 0 aliphatic heterocycles. The second kappa shape index (κ2) is 6.40. The molecule has 0 fully saturated rings. The third kappa shape index (κ3) is 3.28. The summed E-state index contributed by atoms with van der Waals surface area (Å²) in [5.74, 6) is -0.923. The Balaban J connectivity index is 2.03. The van der Waals surface area contributed by atoms with Gasteiger partial charge < -0.3 is 15.4 Å². The van der Waals surface area contributed by atoms with Crippen molar-refractivity contribution in [1.82, 2.24) is 10.3 Å². The van der Waals surface area contributed by atoms with E-state index in [2.05, 4.69) is 10.3 Å². The molecule has 3 N–H and O–H groups in total. The minimum atomic E-state index is -1.11. The van der Waals surface area contributed by atoms with E-state index in [0.717, 1.165) is 0 Å². The number of H-pyrrole nitrogens is 1. The predicted octanol–water partition coefficient (Wildman–Crippen LogP) is 2.35. The van der Waals surface area contributed by atoms with Gasteiger partial charge in [0, 0.05) is 18.3 Å². The van der Waals surface area contributed by atoms with Crippen LogP contribution in [-0.4, -0.2) is 22.5 Å². The highest BCUT2D eigenvalue weighted by Crippen LogP contribution is 2.15. The van der Waals surface area contributed by atoms with E-state index in [1.54, 1.807) is 24.4 Å². The smallest absolute Gasteiger partial charge is 0.254 e. The van der Waals surface area contributed by atoms with E-state index in [4.69, 9.17) is 12.2 Å². The number of hydrogen-bond acceptors (Lipinski definition) is 3. The van der Waals surface area contributed by atoms with Crippen molar-refractivity contribution in [2.45, 2.75) is 6.10 Å². The van der Waals surface area contributed by atoms with Crippen molar-refractivity contribution < 1.29 is 14.3 Å². The van der Waals surface area contributed by atoms with Crippen LogP contribution in [0, 0.1) is 10.5 Å². The Hall–Kier alpha value is -2.05. The Kier molecular flexibility index (Phi) is 4.60. The van der Waals surface area contributed by atoms with Gasteiger partial charge in [0.1, 0.15) is 10.5 Å². The normalized spacial score (nSPS) is 11.9. The number of aromatic amines is 1. The van der Waals surface area contributed by atoms with E-state index >= 15 is 0 Å². The van der Waals surface area contributed by atoms with Gasteiger partial charge in [-0.1, -0.05) is 30.4 Å². The number of carbonyl (C=O) groups excluding carboxylic acids is 1. The van der Waals surface area contributed by atoms with Crippen molar-refractivity contribution in [2.24, 2.45) is 0 Å². The molecular formula is C14H13FN2O2S. The van der Waals surface area contributed by atoms with E-state index in [0.29, 0.717) is 10.2 Å². The first kappa shape index (κ1) is 14.4. The maximum absolute atomic E-state index is 13.5. The number of hydrogen-bond donors (Lipinski definition) is 3. The molecular weight excluding hydrogens is 279 g/mol. The minimum absolute atomic E-state index is 0.0938. The molecule has 0 aliphatic carbocycles. The molecule has 1 unspecified atom stereocenters. The fraction of sp³-hybridized carbons (Fsp3) is 0.143. The number of aliphatic hydroxyl groups is 1. The van der Waals surface area contributed by atoms with Gasteiger partial charge in [-0.2, -0.15) is 0 Å². The first-order valence-corrected chi connectivity index (χ1v) is 6.39. The van der Waals surface area contributed by atoms with Gasteiger partial charge in [-0.25, -0.2) is 4.39 Å². The summed E-state index contributed by atoms with van der Waals surface area (Å²) >= 11 is 4.98. The van der Waals surface area contributed by atoms with Crippen LogP contribution < -0.4 is 5.32 Å². The van der Waals surface area contributed by atoms with Gasteiger partial charge in [0.15, 0.2) is 0 Å². The lowest BCUT2D eigenvalue weighted by atomic mass is 10.1. The van der Waals surface area contributed by atoms with E-state index in [9.17, 15) is 14.3 Å². The molecule has 20 heavy (non-hydrogen) atoms. The predicted molar refractivity (Wildman–Crippen MR) is 75.3 cm³/mol.